The van der Waals surface area contributed by atoms with Gasteiger partial charge in [0.15, 0.2) is 0 Å². The minimum absolute atomic E-state index is 0. The van der Waals surface area contributed by atoms with E-state index < -0.39 is 6.16 Å². The molecule has 0 aromatic rings. The van der Waals surface area contributed by atoms with Crippen molar-refractivity contribution in [3.05, 3.63) is 0 Å². The molecule has 0 aliphatic heterocycles. The average molecular weight is 123 g/mol. The van der Waals surface area contributed by atoms with Crippen molar-refractivity contribution < 1.29 is 95.9 Å². The molecule has 0 spiro atoms. The molecule has 0 unspecified atom stereocenters. The maximum absolute atomic E-state index is 8.44. The number of carbonyl (C=O) groups is 1. The third-order valence-electron chi connectivity index (χ3n) is 0. The van der Waals surface area contributed by atoms with Crippen LogP contribution >= 0.6 is 0 Å². The van der Waals surface area contributed by atoms with Crippen LogP contribution in [0.1, 0.15) is 0 Å². The molecular formula is CHKNaO3+. The van der Waals surface area contributed by atoms with Crippen LogP contribution < -0.4 is 86.0 Å². The van der Waals surface area contributed by atoms with Gasteiger partial charge in [-0.05, 0) is 0 Å². The Kier molecular flexibility index (Phi) is 26.1. The molecule has 0 atom stereocenters. The van der Waals surface area contributed by atoms with E-state index in [1.807, 2.05) is 0 Å². The maximum atomic E-state index is 8.44. The second kappa shape index (κ2) is 10.0. The predicted octanol–water partition coefficient (Wildman–Crippen LogP) is -7.10. The summed E-state index contributed by atoms with van der Waals surface area (Å²) in [6.45, 7) is 0. The molecule has 6 heavy (non-hydrogen) atoms. The summed E-state index contributed by atoms with van der Waals surface area (Å²) in [5.74, 6) is 0. The van der Waals surface area contributed by atoms with Crippen LogP contribution in [0.15, 0.2) is 0 Å². The monoisotopic (exact) mass is 123 g/mol. The smallest absolute Gasteiger partial charge is 0.565 e. The minimum atomic E-state index is -2.08. The molecule has 0 amide bonds. The summed E-state index contributed by atoms with van der Waals surface area (Å²) in [6, 6.07) is 0. The van der Waals surface area contributed by atoms with Crippen molar-refractivity contribution in [2.75, 3.05) is 0 Å². The summed E-state index contributed by atoms with van der Waals surface area (Å²) >= 11 is 0. The molecule has 0 aromatic heterocycles. The quantitative estimate of drug-likeness (QED) is 0.326. The molecule has 1 N–H and O–H groups in total. The summed E-state index contributed by atoms with van der Waals surface area (Å²) < 4.78 is 0. The van der Waals surface area contributed by atoms with Gasteiger partial charge in [0.25, 0.3) is 0 Å². The number of rotatable bonds is 0. The van der Waals surface area contributed by atoms with Crippen molar-refractivity contribution in [3.8, 4) is 0 Å². The van der Waals surface area contributed by atoms with Crippen LogP contribution in [0.25, 0.3) is 0 Å². The van der Waals surface area contributed by atoms with Gasteiger partial charge in [0.2, 0.25) is 6.16 Å². The molecule has 0 aliphatic rings. The normalized spacial score (nSPS) is 4.00. The van der Waals surface area contributed by atoms with E-state index in [0.717, 1.165) is 0 Å². The van der Waals surface area contributed by atoms with Crippen molar-refractivity contribution in [2.45, 2.75) is 0 Å². The summed E-state index contributed by atoms with van der Waals surface area (Å²) in [5.41, 5.74) is 0. The standard InChI is InChI=1S/CH2O3.K.Na/c2-1(3)4;;/h(H2,2,3,4);;/q;2*+1/p-1. The molecule has 5 heteroatoms. The molecule has 0 saturated heterocycles. The molecule has 24 valence electrons. The average Bonchev–Trinajstić information content (AvgIpc) is 0.811. The zero-order chi connectivity index (χ0) is 3.58. The number of carboxylic acid groups (broad SMARTS) is 2. The van der Waals surface area contributed by atoms with Crippen molar-refractivity contribution in [2.24, 2.45) is 0 Å². The summed E-state index contributed by atoms with van der Waals surface area (Å²) in [4.78, 5) is 8.44. The van der Waals surface area contributed by atoms with Gasteiger partial charge in [-0.25, -0.2) is 0 Å². The third-order valence-corrected chi connectivity index (χ3v) is 0. The van der Waals surface area contributed by atoms with E-state index >= 15 is 0 Å². The van der Waals surface area contributed by atoms with E-state index in [2.05, 4.69) is 0 Å². The first-order chi connectivity index (χ1) is 1.73. The second-order valence-electron chi connectivity index (χ2n) is 0.266. The van der Waals surface area contributed by atoms with E-state index in [1.165, 1.54) is 0 Å². The second-order valence-corrected chi connectivity index (χ2v) is 0.266. The summed E-state index contributed by atoms with van der Waals surface area (Å²) in [6.07, 6.45) is -2.08. The van der Waals surface area contributed by atoms with Gasteiger partial charge in [-0.15, -0.1) is 0 Å². The zero-order valence-corrected chi connectivity index (χ0v) is 8.89. The van der Waals surface area contributed by atoms with Gasteiger partial charge in [-0.2, -0.15) is 0 Å². The predicted molar refractivity (Wildman–Crippen MR) is 8.02 cm³/mol. The molecule has 0 rings (SSSR count). The SMILES string of the molecule is O=C([O-])O.[K+].[Na+]. The van der Waals surface area contributed by atoms with Crippen molar-refractivity contribution >= 4 is 6.16 Å². The largest absolute Gasteiger partial charge is 1.00 e. The van der Waals surface area contributed by atoms with Gasteiger partial charge in [-0.3, -0.25) is 0 Å². The van der Waals surface area contributed by atoms with E-state index in [9.17, 15) is 0 Å². The molecule has 0 aromatic carbocycles. The van der Waals surface area contributed by atoms with Crippen molar-refractivity contribution in [3.63, 3.8) is 0 Å². The molecule has 0 radical (unpaired) electrons. The fraction of sp³-hybridized carbons (Fsp3) is 0. The molecule has 0 fully saturated rings. The summed E-state index contributed by atoms with van der Waals surface area (Å²) in [7, 11) is 0. The molecule has 0 heterocycles. The minimum Gasteiger partial charge on any atom is -0.565 e. The Morgan fingerprint density at radius 1 is 1.67 bits per heavy atom. The molecule has 3 nitrogen and oxygen atoms in total. The van der Waals surface area contributed by atoms with Crippen molar-refractivity contribution in [1.29, 1.82) is 0 Å². The van der Waals surface area contributed by atoms with Crippen LogP contribution in [0.3, 0.4) is 0 Å². The van der Waals surface area contributed by atoms with Gasteiger partial charge in [0.05, 0.1) is 0 Å². The Labute approximate surface area is 99.8 Å². The van der Waals surface area contributed by atoms with Gasteiger partial charge in [0.1, 0.15) is 0 Å². The zero-order valence-electron chi connectivity index (χ0n) is 3.76. The Hall–Kier alpha value is 1.91. The molecular weight excluding hydrogens is 122 g/mol. The number of hydrogen-bond acceptors (Lipinski definition) is 2. The molecule has 0 saturated carbocycles. The van der Waals surface area contributed by atoms with Crippen LogP contribution in [0.2, 0.25) is 0 Å². The van der Waals surface area contributed by atoms with Crippen LogP contribution in [-0.2, 0) is 0 Å². The first-order valence-corrected chi connectivity index (χ1v) is 0.632. The van der Waals surface area contributed by atoms with E-state index in [4.69, 9.17) is 15.0 Å². The third kappa shape index (κ3) is 39.1. The van der Waals surface area contributed by atoms with Gasteiger partial charge in [-0.1, -0.05) is 0 Å². The topological polar surface area (TPSA) is 60.4 Å². The van der Waals surface area contributed by atoms with E-state index in [-0.39, 0.29) is 80.9 Å². The Morgan fingerprint density at radius 3 is 1.67 bits per heavy atom. The van der Waals surface area contributed by atoms with Crippen molar-refractivity contribution in [1.82, 2.24) is 0 Å². The summed E-state index contributed by atoms with van der Waals surface area (Å²) in [5, 5.41) is 15.3. The van der Waals surface area contributed by atoms with Crippen LogP contribution in [-0.4, -0.2) is 11.3 Å². The fourth-order valence-electron chi connectivity index (χ4n) is 0. The first-order valence-electron chi connectivity index (χ1n) is 0.632. The van der Waals surface area contributed by atoms with Crippen LogP contribution in [0, 0.1) is 0 Å². The molecule has 0 bridgehead atoms. The number of hydrogen-bond donors (Lipinski definition) is 1. The first kappa shape index (κ1) is 15.7. The van der Waals surface area contributed by atoms with E-state index in [1.54, 1.807) is 0 Å². The van der Waals surface area contributed by atoms with E-state index in [0.29, 0.717) is 0 Å². The fourth-order valence-corrected chi connectivity index (χ4v) is 0. The van der Waals surface area contributed by atoms with Gasteiger partial charge < -0.3 is 15.0 Å². The maximum Gasteiger partial charge on any atom is 1.00 e. The van der Waals surface area contributed by atoms with Crippen LogP contribution in [0.5, 0.6) is 0 Å². The van der Waals surface area contributed by atoms with Gasteiger partial charge >= 0.3 is 80.9 Å². The Morgan fingerprint density at radius 2 is 1.67 bits per heavy atom. The van der Waals surface area contributed by atoms with Gasteiger partial charge in [0, 0.05) is 0 Å². The molecule has 0 aliphatic carbocycles. The Balaban J connectivity index is -0.0000000450. The van der Waals surface area contributed by atoms with Crippen LogP contribution in [0.4, 0.5) is 4.79 Å². The Bertz CT molecular complexity index is 33.8.